The summed E-state index contributed by atoms with van der Waals surface area (Å²) in [5.41, 5.74) is 2.00. The van der Waals surface area contributed by atoms with E-state index in [2.05, 4.69) is 16.6 Å². The van der Waals surface area contributed by atoms with E-state index in [0.29, 0.717) is 31.2 Å². The predicted molar refractivity (Wildman–Crippen MR) is 104 cm³/mol. The van der Waals surface area contributed by atoms with Crippen LogP contribution in [0.2, 0.25) is 0 Å². The maximum Gasteiger partial charge on any atom is 0.315 e. The summed E-state index contributed by atoms with van der Waals surface area (Å²) in [5.74, 6) is 4.33. The van der Waals surface area contributed by atoms with Gasteiger partial charge in [-0.15, -0.1) is 6.42 Å². The van der Waals surface area contributed by atoms with Gasteiger partial charge in [0.05, 0.1) is 13.7 Å². The van der Waals surface area contributed by atoms with E-state index in [-0.39, 0.29) is 12.6 Å². The van der Waals surface area contributed by atoms with Crippen LogP contribution < -0.4 is 24.8 Å². The van der Waals surface area contributed by atoms with Crippen LogP contribution in [0.25, 0.3) is 0 Å². The fourth-order valence-corrected chi connectivity index (χ4v) is 2.35. The second-order valence-corrected chi connectivity index (χ2v) is 5.75. The third-order valence-electron chi connectivity index (χ3n) is 3.64. The average Bonchev–Trinajstić information content (AvgIpc) is 2.68. The first-order valence-corrected chi connectivity index (χ1v) is 8.56. The predicted octanol–water partition coefficient (Wildman–Crippen LogP) is 2.89. The van der Waals surface area contributed by atoms with Crippen molar-refractivity contribution < 1.29 is 19.0 Å². The number of carbonyl (C=O) groups is 1. The molecule has 0 bridgehead atoms. The molecule has 0 aliphatic heterocycles. The quantitative estimate of drug-likeness (QED) is 0.528. The van der Waals surface area contributed by atoms with Gasteiger partial charge >= 0.3 is 6.03 Å². The molecule has 0 unspecified atom stereocenters. The molecule has 142 valence electrons. The smallest absolute Gasteiger partial charge is 0.315 e. The van der Waals surface area contributed by atoms with Gasteiger partial charge in [-0.3, -0.25) is 0 Å². The second kappa shape index (κ2) is 10.6. The molecule has 2 aromatic carbocycles. The normalized spacial score (nSPS) is 9.81. The highest BCUT2D eigenvalue weighted by molar-refractivity contribution is 5.73. The zero-order valence-electron chi connectivity index (χ0n) is 15.6. The molecule has 0 aliphatic carbocycles. The number of urea groups is 1. The molecule has 0 aromatic heterocycles. The topological polar surface area (TPSA) is 68.8 Å². The van der Waals surface area contributed by atoms with Crippen molar-refractivity contribution >= 4 is 6.03 Å². The molecular weight excluding hydrogens is 344 g/mol. The number of carbonyl (C=O) groups excluding carboxylic acids is 1. The van der Waals surface area contributed by atoms with Gasteiger partial charge < -0.3 is 24.8 Å². The molecule has 27 heavy (non-hydrogen) atoms. The molecule has 6 nitrogen and oxygen atoms in total. The lowest BCUT2D eigenvalue weighted by molar-refractivity contribution is 0.236. The lowest BCUT2D eigenvalue weighted by atomic mass is 10.2. The van der Waals surface area contributed by atoms with Gasteiger partial charge in [0.15, 0.2) is 11.5 Å². The number of benzene rings is 2. The number of aryl methyl sites for hydroxylation is 1. The molecule has 0 radical (unpaired) electrons. The minimum atomic E-state index is -0.273. The highest BCUT2D eigenvalue weighted by atomic mass is 16.5. The number of amides is 2. The number of ether oxygens (including phenoxy) is 3. The summed E-state index contributed by atoms with van der Waals surface area (Å²) in [6.45, 7) is 3.29. The molecule has 2 N–H and O–H groups in total. The Bertz CT molecular complexity index is 799. The lowest BCUT2D eigenvalue weighted by Crippen LogP contribution is -2.37. The maximum atomic E-state index is 11.9. The zero-order chi connectivity index (χ0) is 19.5. The van der Waals surface area contributed by atoms with Gasteiger partial charge in [-0.05, 0) is 42.3 Å². The molecule has 6 heteroatoms. The number of hydrogen-bond donors (Lipinski definition) is 2. The van der Waals surface area contributed by atoms with E-state index in [1.807, 2.05) is 37.3 Å². The largest absolute Gasteiger partial charge is 0.493 e. The number of nitrogens with one attached hydrogen (secondary N) is 2. The van der Waals surface area contributed by atoms with Gasteiger partial charge in [0.2, 0.25) is 0 Å². The Labute approximate surface area is 159 Å². The molecule has 0 aliphatic rings. The first-order chi connectivity index (χ1) is 13.1. The molecule has 0 atom stereocenters. The van der Waals surface area contributed by atoms with Crippen molar-refractivity contribution in [3.63, 3.8) is 0 Å². The van der Waals surface area contributed by atoms with E-state index in [4.69, 9.17) is 20.6 Å². The molecule has 2 rings (SSSR count). The van der Waals surface area contributed by atoms with E-state index in [9.17, 15) is 4.79 Å². The van der Waals surface area contributed by atoms with Gasteiger partial charge in [0.25, 0.3) is 0 Å². The van der Waals surface area contributed by atoms with Crippen LogP contribution in [0.5, 0.6) is 17.2 Å². The summed E-state index contributed by atoms with van der Waals surface area (Å²) in [6.07, 6.45) is 5.22. The molecule has 2 amide bonds. The zero-order valence-corrected chi connectivity index (χ0v) is 15.6. The number of methoxy groups -OCH3 is 1. The highest BCUT2D eigenvalue weighted by Gasteiger charge is 2.07. The Morgan fingerprint density at radius 1 is 1.11 bits per heavy atom. The van der Waals surface area contributed by atoms with Gasteiger partial charge in [-0.1, -0.05) is 24.1 Å². The van der Waals surface area contributed by atoms with Crippen molar-refractivity contribution in [2.75, 3.05) is 26.9 Å². The minimum absolute atomic E-state index is 0.147. The van der Waals surface area contributed by atoms with Crippen molar-refractivity contribution in [2.24, 2.45) is 0 Å². The molecule has 0 saturated heterocycles. The third kappa shape index (κ3) is 6.83. The Morgan fingerprint density at radius 3 is 2.70 bits per heavy atom. The third-order valence-corrected chi connectivity index (χ3v) is 3.64. The summed E-state index contributed by atoms with van der Waals surface area (Å²) in [7, 11) is 1.56. The van der Waals surface area contributed by atoms with E-state index < -0.39 is 0 Å². The van der Waals surface area contributed by atoms with Crippen molar-refractivity contribution in [3.05, 3.63) is 53.6 Å². The molecule has 0 spiro atoms. The van der Waals surface area contributed by atoms with Crippen LogP contribution in [0.15, 0.2) is 42.5 Å². The van der Waals surface area contributed by atoms with Gasteiger partial charge in [-0.25, -0.2) is 4.79 Å². The first-order valence-electron chi connectivity index (χ1n) is 8.56. The van der Waals surface area contributed by atoms with Crippen molar-refractivity contribution in [3.8, 4) is 29.6 Å². The SMILES string of the molecule is C#CCOc1cc(CNC(=O)NCCOc2cccc(C)c2)ccc1OC. The second-order valence-electron chi connectivity index (χ2n) is 5.75. The Kier molecular flexibility index (Phi) is 7.86. The fourth-order valence-electron chi connectivity index (χ4n) is 2.35. The van der Waals surface area contributed by atoms with Crippen LogP contribution in [0, 0.1) is 19.3 Å². The number of rotatable bonds is 9. The molecule has 0 saturated carbocycles. The highest BCUT2D eigenvalue weighted by Crippen LogP contribution is 2.27. The standard InChI is InChI=1S/C21H24N2O4/c1-4-11-27-20-14-17(8-9-19(20)25-3)15-23-21(24)22-10-12-26-18-7-5-6-16(2)13-18/h1,5-9,13-14H,10-12,15H2,2-3H3,(H2,22,23,24). The van der Waals surface area contributed by atoms with Crippen LogP contribution in [0.4, 0.5) is 4.79 Å². The van der Waals surface area contributed by atoms with Crippen molar-refractivity contribution in [1.82, 2.24) is 10.6 Å². The van der Waals surface area contributed by atoms with Crippen LogP contribution in [0.3, 0.4) is 0 Å². The van der Waals surface area contributed by atoms with E-state index in [1.165, 1.54) is 0 Å². The van der Waals surface area contributed by atoms with Crippen molar-refractivity contribution in [2.45, 2.75) is 13.5 Å². The van der Waals surface area contributed by atoms with Gasteiger partial charge in [0.1, 0.15) is 19.0 Å². The summed E-state index contributed by atoms with van der Waals surface area (Å²) in [6, 6.07) is 12.9. The molecule has 0 heterocycles. The van der Waals surface area contributed by atoms with Gasteiger partial charge in [-0.2, -0.15) is 0 Å². The molecule has 0 fully saturated rings. The van der Waals surface area contributed by atoms with Crippen LogP contribution in [-0.2, 0) is 6.54 Å². The minimum Gasteiger partial charge on any atom is -0.493 e. The van der Waals surface area contributed by atoms with Gasteiger partial charge in [0, 0.05) is 6.54 Å². The Morgan fingerprint density at radius 2 is 1.96 bits per heavy atom. The fraction of sp³-hybridized carbons (Fsp3) is 0.286. The Balaban J connectivity index is 1.74. The number of terminal acetylenes is 1. The molecular formula is C21H24N2O4. The first kappa shape index (κ1) is 20.0. The lowest BCUT2D eigenvalue weighted by Gasteiger charge is -2.12. The maximum absolute atomic E-state index is 11.9. The number of hydrogen-bond acceptors (Lipinski definition) is 4. The van der Waals surface area contributed by atoms with E-state index >= 15 is 0 Å². The average molecular weight is 368 g/mol. The summed E-state index contributed by atoms with van der Waals surface area (Å²) >= 11 is 0. The van der Waals surface area contributed by atoms with Crippen LogP contribution in [-0.4, -0.2) is 32.9 Å². The monoisotopic (exact) mass is 368 g/mol. The van der Waals surface area contributed by atoms with Crippen molar-refractivity contribution in [1.29, 1.82) is 0 Å². The van der Waals surface area contributed by atoms with Crippen LogP contribution in [0.1, 0.15) is 11.1 Å². The summed E-state index contributed by atoms with van der Waals surface area (Å²) in [5, 5.41) is 5.54. The van der Waals surface area contributed by atoms with E-state index in [0.717, 1.165) is 16.9 Å². The summed E-state index contributed by atoms with van der Waals surface area (Å²) < 4.78 is 16.3. The Hall–Kier alpha value is -3.33. The van der Waals surface area contributed by atoms with E-state index in [1.54, 1.807) is 19.2 Å². The van der Waals surface area contributed by atoms with Crippen LogP contribution >= 0.6 is 0 Å². The summed E-state index contributed by atoms with van der Waals surface area (Å²) in [4.78, 5) is 11.9. The molecule has 2 aromatic rings.